The number of cyclic esters (lactones) is 1. The molecule has 0 aromatic rings. The number of hydrogen-bond donors (Lipinski definition) is 0. The number of rotatable bonds is 0. The van der Waals surface area contributed by atoms with Crippen LogP contribution >= 0.6 is 0 Å². The molecule has 1 aliphatic carbocycles. The SMILES string of the molecule is C1CC1.O=C1CCO1.[C-]#[O+]. The average Bonchev–Trinajstić information content (AvgIpc) is 2.73. The molecule has 1 heterocycles. The summed E-state index contributed by atoms with van der Waals surface area (Å²) in [7, 11) is 0. The molecule has 3 heteroatoms. The zero-order valence-electron chi connectivity index (χ0n) is 5.76. The van der Waals surface area contributed by atoms with Gasteiger partial charge in [-0.15, -0.1) is 0 Å². The van der Waals surface area contributed by atoms with Crippen LogP contribution in [-0.4, -0.2) is 12.6 Å². The van der Waals surface area contributed by atoms with E-state index in [4.69, 9.17) is 4.65 Å². The molecular formula is C7H10O3. The van der Waals surface area contributed by atoms with E-state index in [2.05, 4.69) is 11.4 Å². The molecule has 0 aromatic heterocycles. The summed E-state index contributed by atoms with van der Waals surface area (Å²) in [4.78, 5) is 9.68. The van der Waals surface area contributed by atoms with Crippen molar-refractivity contribution in [3.8, 4) is 0 Å². The molecule has 2 aliphatic rings. The van der Waals surface area contributed by atoms with Gasteiger partial charge in [-0.3, -0.25) is 4.79 Å². The van der Waals surface area contributed by atoms with Crippen molar-refractivity contribution < 1.29 is 14.2 Å². The fourth-order valence-electron chi connectivity index (χ4n) is 0.185. The standard InChI is InChI=1S/C3H4O2.C3H6.CO/c4-3-1-2-5-3;1-2-3-1;1-2/h1-2H2;1-3H2;. The van der Waals surface area contributed by atoms with Crippen molar-refractivity contribution >= 4 is 5.97 Å². The number of carbonyl (C=O) groups is 1. The van der Waals surface area contributed by atoms with Crippen LogP contribution in [0.5, 0.6) is 0 Å². The second kappa shape index (κ2) is 6.33. The van der Waals surface area contributed by atoms with E-state index in [9.17, 15) is 4.79 Å². The first kappa shape index (κ1) is 9.21. The van der Waals surface area contributed by atoms with Crippen molar-refractivity contribution in [3.63, 3.8) is 0 Å². The van der Waals surface area contributed by atoms with Gasteiger partial charge in [0.15, 0.2) is 0 Å². The predicted octanol–water partition coefficient (Wildman–Crippen LogP) is 1.07. The topological polar surface area (TPSA) is 46.2 Å². The van der Waals surface area contributed by atoms with Gasteiger partial charge in [0, 0.05) is 0 Å². The average molecular weight is 142 g/mol. The van der Waals surface area contributed by atoms with Crippen LogP contribution in [-0.2, 0) is 14.2 Å². The molecule has 3 nitrogen and oxygen atoms in total. The molecule has 0 unspecified atom stereocenters. The van der Waals surface area contributed by atoms with Crippen LogP contribution in [0.3, 0.4) is 0 Å². The van der Waals surface area contributed by atoms with Crippen molar-refractivity contribution in [3.05, 3.63) is 6.65 Å². The van der Waals surface area contributed by atoms with Crippen molar-refractivity contribution in [2.75, 3.05) is 6.61 Å². The van der Waals surface area contributed by atoms with E-state index < -0.39 is 0 Å². The van der Waals surface area contributed by atoms with Gasteiger partial charge in [-0.05, 0) is 0 Å². The molecule has 2 rings (SSSR count). The van der Waals surface area contributed by atoms with E-state index in [1.807, 2.05) is 0 Å². The van der Waals surface area contributed by atoms with Crippen LogP contribution in [0.4, 0.5) is 0 Å². The van der Waals surface area contributed by atoms with Crippen molar-refractivity contribution in [2.24, 2.45) is 0 Å². The van der Waals surface area contributed by atoms with Crippen LogP contribution in [0.15, 0.2) is 0 Å². The molecule has 1 aliphatic heterocycles. The third-order valence-corrected chi connectivity index (χ3v) is 0.923. The Kier molecular flexibility index (Phi) is 5.83. The Morgan fingerprint density at radius 3 is 1.60 bits per heavy atom. The van der Waals surface area contributed by atoms with E-state index in [1.165, 1.54) is 19.3 Å². The van der Waals surface area contributed by atoms with Crippen LogP contribution in [0.1, 0.15) is 25.7 Å². The molecule has 0 amide bonds. The van der Waals surface area contributed by atoms with Crippen LogP contribution in [0, 0.1) is 6.65 Å². The normalized spacial score (nSPS) is 17.6. The van der Waals surface area contributed by atoms with E-state index in [0.717, 1.165) is 0 Å². The summed E-state index contributed by atoms with van der Waals surface area (Å²) in [6.07, 6.45) is 5.12. The van der Waals surface area contributed by atoms with E-state index in [0.29, 0.717) is 13.0 Å². The monoisotopic (exact) mass is 142 g/mol. The van der Waals surface area contributed by atoms with E-state index in [-0.39, 0.29) is 5.97 Å². The second-order valence-electron chi connectivity index (χ2n) is 2.03. The number of ether oxygens (including phenoxy) is 1. The van der Waals surface area contributed by atoms with E-state index >= 15 is 0 Å². The first-order chi connectivity index (χ1) is 4.89. The van der Waals surface area contributed by atoms with Crippen molar-refractivity contribution in [1.29, 1.82) is 0 Å². The first-order valence-corrected chi connectivity index (χ1v) is 3.25. The molecule has 0 atom stereocenters. The molecule has 0 spiro atoms. The second-order valence-corrected chi connectivity index (χ2v) is 2.03. The molecule has 0 aromatic carbocycles. The Morgan fingerprint density at radius 2 is 1.60 bits per heavy atom. The quantitative estimate of drug-likeness (QED) is 0.288. The molecule has 1 saturated carbocycles. The summed E-state index contributed by atoms with van der Waals surface area (Å²) in [5, 5.41) is 0. The summed E-state index contributed by atoms with van der Waals surface area (Å²) in [5.41, 5.74) is 0. The van der Waals surface area contributed by atoms with Crippen LogP contribution in [0.25, 0.3) is 0 Å². The number of esters is 1. The number of hydrogen-bond acceptors (Lipinski definition) is 2. The first-order valence-electron chi connectivity index (χ1n) is 3.25. The maximum atomic E-state index is 9.68. The predicted molar refractivity (Wildman–Crippen MR) is 33.4 cm³/mol. The van der Waals surface area contributed by atoms with Crippen molar-refractivity contribution in [1.82, 2.24) is 0 Å². The summed E-state index contributed by atoms with van der Waals surface area (Å²) >= 11 is 0. The Labute approximate surface area is 60.1 Å². The van der Waals surface area contributed by atoms with Gasteiger partial charge in [-0.2, -0.15) is 0 Å². The fourth-order valence-corrected chi connectivity index (χ4v) is 0.185. The van der Waals surface area contributed by atoms with Crippen LogP contribution in [0.2, 0.25) is 0 Å². The van der Waals surface area contributed by atoms with Crippen molar-refractivity contribution in [2.45, 2.75) is 25.7 Å². The number of carbonyl (C=O) groups excluding carboxylic acids is 1. The van der Waals surface area contributed by atoms with Gasteiger partial charge in [0.2, 0.25) is 0 Å². The summed E-state index contributed by atoms with van der Waals surface area (Å²) < 4.78 is 11.8. The molecule has 2 fully saturated rings. The molecule has 1 saturated heterocycles. The Morgan fingerprint density at radius 1 is 1.30 bits per heavy atom. The molecule has 56 valence electrons. The molecule has 0 N–H and O–H groups in total. The van der Waals surface area contributed by atoms with E-state index in [1.54, 1.807) is 0 Å². The molecule has 10 heavy (non-hydrogen) atoms. The molecule has 0 radical (unpaired) electrons. The van der Waals surface area contributed by atoms with Gasteiger partial charge in [0.1, 0.15) is 6.61 Å². The fraction of sp³-hybridized carbons (Fsp3) is 0.714. The van der Waals surface area contributed by atoms with Gasteiger partial charge in [0.25, 0.3) is 0 Å². The van der Waals surface area contributed by atoms with Gasteiger partial charge in [-0.1, -0.05) is 19.3 Å². The van der Waals surface area contributed by atoms with Crippen LogP contribution < -0.4 is 0 Å². The maximum absolute atomic E-state index is 9.68. The minimum absolute atomic E-state index is 0.0648. The Hall–Kier alpha value is -0.790. The third-order valence-electron chi connectivity index (χ3n) is 0.923. The molecular weight excluding hydrogens is 132 g/mol. The van der Waals surface area contributed by atoms with Gasteiger partial charge < -0.3 is 4.74 Å². The minimum atomic E-state index is -0.0648. The van der Waals surface area contributed by atoms with Gasteiger partial charge in [0.05, 0.1) is 6.42 Å². The molecule has 0 bridgehead atoms. The summed E-state index contributed by atoms with van der Waals surface area (Å²) in [5.74, 6) is -0.0648. The zero-order valence-corrected chi connectivity index (χ0v) is 5.76. The zero-order chi connectivity index (χ0) is 7.82. The Balaban J connectivity index is 0.000000140. The summed E-state index contributed by atoms with van der Waals surface area (Å²) in [6, 6.07) is 0. The van der Waals surface area contributed by atoms with Gasteiger partial charge >= 0.3 is 17.3 Å². The Bertz CT molecular complexity index is 107. The third kappa shape index (κ3) is 7.21. The summed E-state index contributed by atoms with van der Waals surface area (Å²) in [6.45, 7) is 5.14. The van der Waals surface area contributed by atoms with Gasteiger partial charge in [-0.25, -0.2) is 0 Å².